The largest absolute Gasteiger partial charge is 0.416 e. The quantitative estimate of drug-likeness (QED) is 0.852. The molecule has 0 aliphatic heterocycles. The first kappa shape index (κ1) is 13.6. The third kappa shape index (κ3) is 3.15. The van der Waals surface area contributed by atoms with Crippen LogP contribution >= 0.6 is 0 Å². The van der Waals surface area contributed by atoms with E-state index in [9.17, 15) is 18.3 Å². The van der Waals surface area contributed by atoms with Crippen LogP contribution in [0.2, 0.25) is 0 Å². The van der Waals surface area contributed by atoms with Gasteiger partial charge in [0.15, 0.2) is 0 Å². The molecule has 0 saturated carbocycles. The minimum absolute atomic E-state index is 0.506. The molecular formula is C15H13F3O. The predicted octanol–water partition coefficient (Wildman–Crippen LogP) is 4.43. The predicted molar refractivity (Wildman–Crippen MR) is 67.5 cm³/mol. The highest BCUT2D eigenvalue weighted by atomic mass is 19.4. The van der Waals surface area contributed by atoms with Gasteiger partial charge in [0.2, 0.25) is 0 Å². The Balaban J connectivity index is 2.37. The summed E-state index contributed by atoms with van der Waals surface area (Å²) in [5.74, 6) is 0. The van der Waals surface area contributed by atoms with Gasteiger partial charge in [-0.1, -0.05) is 36.4 Å². The van der Waals surface area contributed by atoms with Gasteiger partial charge in [-0.15, -0.1) is 0 Å². The monoisotopic (exact) mass is 266 g/mol. The van der Waals surface area contributed by atoms with Gasteiger partial charge in [0.05, 0.1) is 11.7 Å². The lowest BCUT2D eigenvalue weighted by Gasteiger charge is -2.10. The van der Waals surface area contributed by atoms with Crippen LogP contribution in [-0.2, 0) is 6.18 Å². The van der Waals surface area contributed by atoms with Crippen LogP contribution in [0.5, 0.6) is 0 Å². The number of hydrogen-bond acceptors (Lipinski definition) is 1. The molecule has 0 radical (unpaired) electrons. The standard InChI is InChI=1S/C15H13F3O/c1-10(19)11-5-7-12(8-6-11)13-3-2-4-14(9-13)15(16,17)18/h2-10,19H,1H3/t10-/m0/s1. The first-order valence-electron chi connectivity index (χ1n) is 5.83. The van der Waals surface area contributed by atoms with Gasteiger partial charge in [-0.25, -0.2) is 0 Å². The van der Waals surface area contributed by atoms with Gasteiger partial charge >= 0.3 is 6.18 Å². The van der Waals surface area contributed by atoms with E-state index in [1.54, 1.807) is 37.3 Å². The van der Waals surface area contributed by atoms with Crippen molar-refractivity contribution in [1.82, 2.24) is 0 Å². The van der Waals surface area contributed by atoms with E-state index in [2.05, 4.69) is 0 Å². The van der Waals surface area contributed by atoms with E-state index in [-0.39, 0.29) is 0 Å². The van der Waals surface area contributed by atoms with Crippen molar-refractivity contribution >= 4 is 0 Å². The molecule has 1 nitrogen and oxygen atoms in total. The van der Waals surface area contributed by atoms with Crippen LogP contribution in [0.3, 0.4) is 0 Å². The van der Waals surface area contributed by atoms with Crippen LogP contribution in [0.1, 0.15) is 24.2 Å². The lowest BCUT2D eigenvalue weighted by molar-refractivity contribution is -0.137. The second-order valence-electron chi connectivity index (χ2n) is 4.38. The zero-order valence-corrected chi connectivity index (χ0v) is 10.3. The molecule has 100 valence electrons. The summed E-state index contributed by atoms with van der Waals surface area (Å²) in [7, 11) is 0. The van der Waals surface area contributed by atoms with Crippen LogP contribution in [0.15, 0.2) is 48.5 Å². The molecule has 1 atom stereocenters. The maximum atomic E-state index is 12.6. The first-order valence-corrected chi connectivity index (χ1v) is 5.83. The van der Waals surface area contributed by atoms with Crippen LogP contribution in [-0.4, -0.2) is 5.11 Å². The van der Waals surface area contributed by atoms with Crippen molar-refractivity contribution in [3.63, 3.8) is 0 Å². The molecule has 0 amide bonds. The van der Waals surface area contributed by atoms with Crippen LogP contribution in [0.4, 0.5) is 13.2 Å². The number of alkyl halides is 3. The van der Waals surface area contributed by atoms with Crippen LogP contribution in [0.25, 0.3) is 11.1 Å². The van der Waals surface area contributed by atoms with Crippen molar-refractivity contribution in [1.29, 1.82) is 0 Å². The number of halogens is 3. The lowest BCUT2D eigenvalue weighted by Crippen LogP contribution is -2.04. The Labute approximate surface area is 109 Å². The molecular weight excluding hydrogens is 253 g/mol. The fourth-order valence-electron chi connectivity index (χ4n) is 1.83. The zero-order chi connectivity index (χ0) is 14.0. The highest BCUT2D eigenvalue weighted by Gasteiger charge is 2.30. The molecule has 0 fully saturated rings. The average Bonchev–Trinajstić information content (AvgIpc) is 2.38. The summed E-state index contributed by atoms with van der Waals surface area (Å²) in [6.45, 7) is 1.64. The normalized spacial score (nSPS) is 13.3. The molecule has 19 heavy (non-hydrogen) atoms. The lowest BCUT2D eigenvalue weighted by atomic mass is 10.0. The summed E-state index contributed by atoms with van der Waals surface area (Å²) >= 11 is 0. The van der Waals surface area contributed by atoms with Gasteiger partial charge in [-0.2, -0.15) is 13.2 Å². The number of aliphatic hydroxyl groups is 1. The van der Waals surface area contributed by atoms with Crippen molar-refractivity contribution < 1.29 is 18.3 Å². The van der Waals surface area contributed by atoms with Crippen LogP contribution < -0.4 is 0 Å². The van der Waals surface area contributed by atoms with Gasteiger partial charge in [0.1, 0.15) is 0 Å². The van der Waals surface area contributed by atoms with Gasteiger partial charge in [0.25, 0.3) is 0 Å². The van der Waals surface area contributed by atoms with Gasteiger partial charge in [-0.05, 0) is 35.7 Å². The number of benzene rings is 2. The molecule has 0 heterocycles. The SMILES string of the molecule is C[C@H](O)c1ccc(-c2cccc(C(F)(F)F)c2)cc1. The molecule has 2 aromatic rings. The van der Waals surface area contributed by atoms with E-state index < -0.39 is 17.8 Å². The molecule has 2 aromatic carbocycles. The van der Waals surface area contributed by atoms with E-state index in [4.69, 9.17) is 0 Å². The second kappa shape index (κ2) is 5.05. The van der Waals surface area contributed by atoms with Crippen LogP contribution in [0, 0.1) is 0 Å². The summed E-state index contributed by atoms with van der Waals surface area (Å²) < 4.78 is 37.9. The van der Waals surface area contributed by atoms with E-state index in [0.29, 0.717) is 11.1 Å². The fourth-order valence-corrected chi connectivity index (χ4v) is 1.83. The van der Waals surface area contributed by atoms with Gasteiger partial charge < -0.3 is 5.11 Å². The van der Waals surface area contributed by atoms with Crippen molar-refractivity contribution in [2.75, 3.05) is 0 Å². The Morgan fingerprint density at radius 1 is 0.947 bits per heavy atom. The zero-order valence-electron chi connectivity index (χ0n) is 10.3. The molecule has 0 saturated heterocycles. The maximum Gasteiger partial charge on any atom is 0.416 e. The number of aliphatic hydroxyl groups excluding tert-OH is 1. The average molecular weight is 266 g/mol. The molecule has 0 aliphatic carbocycles. The Hall–Kier alpha value is -1.81. The van der Waals surface area contributed by atoms with E-state index in [1.165, 1.54) is 6.07 Å². The molecule has 4 heteroatoms. The summed E-state index contributed by atoms with van der Waals surface area (Å²) in [6.07, 6.45) is -4.93. The Kier molecular flexibility index (Phi) is 3.62. The summed E-state index contributed by atoms with van der Waals surface area (Å²) in [6, 6.07) is 12.0. The third-order valence-corrected chi connectivity index (χ3v) is 2.92. The third-order valence-electron chi connectivity index (χ3n) is 2.92. The number of hydrogen-bond donors (Lipinski definition) is 1. The Bertz CT molecular complexity index is 556. The molecule has 0 aliphatic rings. The smallest absolute Gasteiger partial charge is 0.389 e. The molecule has 0 aromatic heterocycles. The highest BCUT2D eigenvalue weighted by Crippen LogP contribution is 2.32. The molecule has 1 N–H and O–H groups in total. The van der Waals surface area contributed by atoms with E-state index in [0.717, 1.165) is 17.7 Å². The Morgan fingerprint density at radius 3 is 2.11 bits per heavy atom. The van der Waals surface area contributed by atoms with Crippen molar-refractivity contribution in [2.24, 2.45) is 0 Å². The maximum absolute atomic E-state index is 12.6. The van der Waals surface area contributed by atoms with Gasteiger partial charge in [0, 0.05) is 0 Å². The fraction of sp³-hybridized carbons (Fsp3) is 0.200. The minimum atomic E-state index is -4.34. The summed E-state index contributed by atoms with van der Waals surface area (Å²) in [5.41, 5.74) is 1.27. The topological polar surface area (TPSA) is 20.2 Å². The van der Waals surface area contributed by atoms with Gasteiger partial charge in [-0.3, -0.25) is 0 Å². The first-order chi connectivity index (χ1) is 8.88. The van der Waals surface area contributed by atoms with E-state index in [1.807, 2.05) is 0 Å². The molecule has 0 bridgehead atoms. The highest BCUT2D eigenvalue weighted by molar-refractivity contribution is 5.64. The molecule has 2 rings (SSSR count). The Morgan fingerprint density at radius 2 is 1.58 bits per heavy atom. The summed E-state index contributed by atoms with van der Waals surface area (Å²) in [5, 5.41) is 9.39. The molecule has 0 spiro atoms. The second-order valence-corrected chi connectivity index (χ2v) is 4.38. The molecule has 0 unspecified atom stereocenters. The van der Waals surface area contributed by atoms with Crippen molar-refractivity contribution in [3.8, 4) is 11.1 Å². The van der Waals surface area contributed by atoms with E-state index >= 15 is 0 Å². The minimum Gasteiger partial charge on any atom is -0.389 e. The van der Waals surface area contributed by atoms with Crippen molar-refractivity contribution in [3.05, 3.63) is 59.7 Å². The summed E-state index contributed by atoms with van der Waals surface area (Å²) in [4.78, 5) is 0. The number of rotatable bonds is 2. The van der Waals surface area contributed by atoms with Crippen molar-refractivity contribution in [2.45, 2.75) is 19.2 Å².